The number of nitrogens with one attached hydrogen (secondary N) is 1. The monoisotopic (exact) mass is 474 g/mol. The summed E-state index contributed by atoms with van der Waals surface area (Å²) in [4.78, 5) is 39.5. The van der Waals surface area contributed by atoms with Gasteiger partial charge in [-0.25, -0.2) is 9.69 Å². The molecule has 1 heterocycles. The van der Waals surface area contributed by atoms with Crippen molar-refractivity contribution in [3.8, 4) is 5.75 Å². The number of carbonyl (C=O) groups is 3. The van der Waals surface area contributed by atoms with Gasteiger partial charge in [0.1, 0.15) is 16.5 Å². The van der Waals surface area contributed by atoms with Crippen LogP contribution in [0.2, 0.25) is 0 Å². The molecule has 0 spiro atoms. The lowest BCUT2D eigenvalue weighted by Gasteiger charge is -2.18. The lowest BCUT2D eigenvalue weighted by atomic mass is 10.1. The quantitative estimate of drug-likeness (QED) is 0.297. The van der Waals surface area contributed by atoms with Crippen LogP contribution >= 0.6 is 11.6 Å². The molecule has 6 nitrogen and oxygen atoms in total. The van der Waals surface area contributed by atoms with E-state index in [2.05, 4.69) is 5.32 Å². The van der Waals surface area contributed by atoms with E-state index >= 15 is 0 Å². The van der Waals surface area contributed by atoms with Crippen molar-refractivity contribution in [1.82, 2.24) is 0 Å². The van der Waals surface area contributed by atoms with Crippen molar-refractivity contribution >= 4 is 40.8 Å². The fraction of sp³-hybridized carbons (Fsp3) is 0.148. The largest absolute Gasteiger partial charge is 0.422 e. The molecule has 0 saturated carbocycles. The zero-order valence-electron chi connectivity index (χ0n) is 19.2. The first-order valence-electron chi connectivity index (χ1n) is 10.7. The smallest absolute Gasteiger partial charge is 0.343 e. The molecule has 1 N–H and O–H groups in total. The van der Waals surface area contributed by atoms with E-state index in [1.165, 1.54) is 0 Å². The Labute approximate surface area is 202 Å². The van der Waals surface area contributed by atoms with Crippen LogP contribution in [0.1, 0.15) is 32.6 Å². The Hall–Kier alpha value is -3.90. The zero-order chi connectivity index (χ0) is 24.6. The number of esters is 1. The van der Waals surface area contributed by atoms with Crippen LogP contribution in [0.25, 0.3) is 0 Å². The summed E-state index contributed by atoms with van der Waals surface area (Å²) in [5.41, 5.74) is 4.84. The van der Waals surface area contributed by atoms with E-state index in [0.29, 0.717) is 22.7 Å². The summed E-state index contributed by atoms with van der Waals surface area (Å²) in [5, 5.41) is 2.73. The van der Waals surface area contributed by atoms with Crippen LogP contribution in [0.3, 0.4) is 0 Å². The second-order valence-electron chi connectivity index (χ2n) is 8.17. The van der Waals surface area contributed by atoms with E-state index in [0.717, 1.165) is 27.2 Å². The Morgan fingerprint density at radius 1 is 0.824 bits per heavy atom. The average Bonchev–Trinajstić information content (AvgIpc) is 3.02. The van der Waals surface area contributed by atoms with Crippen LogP contribution in [0, 0.1) is 27.7 Å². The van der Waals surface area contributed by atoms with Gasteiger partial charge in [-0.3, -0.25) is 9.59 Å². The highest BCUT2D eigenvalue weighted by molar-refractivity contribution is 6.53. The number of ether oxygens (including phenoxy) is 1. The van der Waals surface area contributed by atoms with Crippen molar-refractivity contribution in [1.29, 1.82) is 0 Å². The topological polar surface area (TPSA) is 75.7 Å². The minimum atomic E-state index is -0.586. The van der Waals surface area contributed by atoms with Gasteiger partial charge in [-0.05, 0) is 80.3 Å². The second-order valence-corrected chi connectivity index (χ2v) is 8.54. The number of imide groups is 1. The van der Waals surface area contributed by atoms with Crippen molar-refractivity contribution < 1.29 is 19.1 Å². The van der Waals surface area contributed by atoms with Gasteiger partial charge < -0.3 is 10.1 Å². The summed E-state index contributed by atoms with van der Waals surface area (Å²) in [5.74, 6) is -1.08. The third kappa shape index (κ3) is 4.20. The normalized spacial score (nSPS) is 13.5. The standard InChI is InChI=1S/C27H23ClN2O4/c1-15-7-6-10-21(18(15)4)30-25(31)22(28)23(26(30)32)29-20-13-11-19(12-14-20)27(33)34-24-16(2)8-5-9-17(24)3/h5-14,29H,1-4H3. The first-order valence-corrected chi connectivity index (χ1v) is 11.1. The number of halogens is 1. The van der Waals surface area contributed by atoms with Crippen molar-refractivity contribution in [3.05, 3.63) is 99.2 Å². The third-order valence-electron chi connectivity index (χ3n) is 5.84. The summed E-state index contributed by atoms with van der Waals surface area (Å²) in [7, 11) is 0. The summed E-state index contributed by atoms with van der Waals surface area (Å²) in [6, 6.07) is 17.5. The highest BCUT2D eigenvalue weighted by Gasteiger charge is 2.39. The molecular weight excluding hydrogens is 452 g/mol. The van der Waals surface area contributed by atoms with Crippen LogP contribution in [0.5, 0.6) is 5.75 Å². The maximum atomic E-state index is 13.1. The Bertz CT molecular complexity index is 1340. The Morgan fingerprint density at radius 3 is 2.06 bits per heavy atom. The van der Waals surface area contributed by atoms with E-state index in [9.17, 15) is 14.4 Å². The molecule has 3 aromatic carbocycles. The van der Waals surface area contributed by atoms with Gasteiger partial charge in [-0.15, -0.1) is 0 Å². The van der Waals surface area contributed by atoms with Crippen molar-refractivity contribution in [2.24, 2.45) is 0 Å². The first-order chi connectivity index (χ1) is 16.2. The number of carbonyl (C=O) groups excluding carboxylic acids is 3. The van der Waals surface area contributed by atoms with Gasteiger partial charge in [-0.2, -0.15) is 0 Å². The minimum absolute atomic E-state index is 0.0153. The van der Waals surface area contributed by atoms with Gasteiger partial charge >= 0.3 is 5.97 Å². The van der Waals surface area contributed by atoms with Crippen molar-refractivity contribution in [3.63, 3.8) is 0 Å². The second kappa shape index (κ2) is 9.15. The predicted octanol–water partition coefficient (Wildman–Crippen LogP) is 5.58. The van der Waals surface area contributed by atoms with Gasteiger partial charge in [0, 0.05) is 5.69 Å². The molecule has 34 heavy (non-hydrogen) atoms. The molecule has 172 valence electrons. The highest BCUT2D eigenvalue weighted by atomic mass is 35.5. The fourth-order valence-corrected chi connectivity index (χ4v) is 3.97. The molecule has 0 bridgehead atoms. The number of anilines is 2. The number of hydrogen-bond acceptors (Lipinski definition) is 5. The zero-order valence-corrected chi connectivity index (χ0v) is 20.0. The molecule has 3 aromatic rings. The van der Waals surface area contributed by atoms with Crippen LogP contribution in [0.15, 0.2) is 71.4 Å². The molecule has 0 unspecified atom stereocenters. The maximum Gasteiger partial charge on any atom is 0.343 e. The number of aryl methyl sites for hydroxylation is 3. The molecule has 4 rings (SSSR count). The maximum absolute atomic E-state index is 13.1. The lowest BCUT2D eigenvalue weighted by Crippen LogP contribution is -2.33. The Morgan fingerprint density at radius 2 is 1.41 bits per heavy atom. The highest BCUT2D eigenvalue weighted by Crippen LogP contribution is 2.33. The molecular formula is C27H23ClN2O4. The van der Waals surface area contributed by atoms with E-state index in [-0.39, 0.29) is 10.7 Å². The molecule has 7 heteroatoms. The number of amides is 2. The molecule has 0 fully saturated rings. The van der Waals surface area contributed by atoms with Gasteiger partial charge in [0.2, 0.25) is 0 Å². The fourth-order valence-electron chi connectivity index (χ4n) is 3.75. The first kappa shape index (κ1) is 23.3. The van der Waals surface area contributed by atoms with Gasteiger partial charge in [-0.1, -0.05) is 41.9 Å². The van der Waals surface area contributed by atoms with Gasteiger partial charge in [0.25, 0.3) is 11.8 Å². The van der Waals surface area contributed by atoms with Crippen molar-refractivity contribution in [2.45, 2.75) is 27.7 Å². The number of para-hydroxylation sites is 1. The summed E-state index contributed by atoms with van der Waals surface area (Å²) < 4.78 is 5.57. The van der Waals surface area contributed by atoms with E-state index in [1.54, 1.807) is 36.4 Å². The Kier molecular flexibility index (Phi) is 6.26. The van der Waals surface area contributed by atoms with Crippen LogP contribution < -0.4 is 15.0 Å². The number of hydrogen-bond donors (Lipinski definition) is 1. The number of nitrogens with zero attached hydrogens (tertiary/aromatic N) is 1. The van der Waals surface area contributed by atoms with Crippen LogP contribution in [-0.2, 0) is 9.59 Å². The lowest BCUT2D eigenvalue weighted by molar-refractivity contribution is -0.120. The summed E-state index contributed by atoms with van der Waals surface area (Å²) in [6.07, 6.45) is 0. The van der Waals surface area contributed by atoms with Gasteiger partial charge in [0.15, 0.2) is 0 Å². The SMILES string of the molecule is Cc1cccc(N2C(=O)C(Cl)=C(Nc3ccc(C(=O)Oc4c(C)cccc4C)cc3)C2=O)c1C. The minimum Gasteiger partial charge on any atom is -0.422 e. The molecule has 0 aliphatic carbocycles. The Balaban J connectivity index is 1.52. The van der Waals surface area contributed by atoms with E-state index < -0.39 is 17.8 Å². The molecule has 0 atom stereocenters. The van der Waals surface area contributed by atoms with Crippen LogP contribution in [0.4, 0.5) is 11.4 Å². The number of benzene rings is 3. The van der Waals surface area contributed by atoms with Crippen molar-refractivity contribution in [2.75, 3.05) is 10.2 Å². The molecule has 1 aliphatic heterocycles. The number of rotatable bonds is 5. The molecule has 2 amide bonds. The van der Waals surface area contributed by atoms with Gasteiger partial charge in [0.05, 0.1) is 11.3 Å². The average molecular weight is 475 g/mol. The molecule has 1 aliphatic rings. The summed E-state index contributed by atoms with van der Waals surface area (Å²) >= 11 is 6.24. The predicted molar refractivity (Wildman–Crippen MR) is 132 cm³/mol. The molecule has 0 radical (unpaired) electrons. The third-order valence-corrected chi connectivity index (χ3v) is 6.19. The molecule has 0 aromatic heterocycles. The molecule has 0 saturated heterocycles. The van der Waals surface area contributed by atoms with Crippen LogP contribution in [-0.4, -0.2) is 17.8 Å². The summed E-state index contributed by atoms with van der Waals surface area (Å²) in [6.45, 7) is 7.51. The van der Waals surface area contributed by atoms with E-state index in [1.807, 2.05) is 52.0 Å². The van der Waals surface area contributed by atoms with E-state index in [4.69, 9.17) is 16.3 Å².